The van der Waals surface area contributed by atoms with Crippen molar-refractivity contribution in [1.29, 1.82) is 0 Å². The van der Waals surface area contributed by atoms with Crippen molar-refractivity contribution in [3.8, 4) is 0 Å². The average molecular weight is 322 g/mol. The third-order valence-electron chi connectivity index (χ3n) is 4.28. The highest BCUT2D eigenvalue weighted by Crippen LogP contribution is 2.34. The Morgan fingerprint density at radius 1 is 1.41 bits per heavy atom. The maximum atomic E-state index is 12.5. The monoisotopic (exact) mass is 322 g/mol. The second kappa shape index (κ2) is 6.01. The second-order valence-electron chi connectivity index (χ2n) is 6.48. The molecule has 0 saturated heterocycles. The Morgan fingerprint density at radius 3 is 2.68 bits per heavy atom. The Bertz CT molecular complexity index is 590. The standard InChI is InChI=1S/C16H22N2O3S/c1-9-7-13(17-15(20)11-5-6-11)22-14(9)16(21)18(2)8-12(19)10-3-4-10/h7,10-12,19H,3-6,8H2,1-2H3,(H,17,20)/t12-/m1/s1. The number of likely N-dealkylation sites (N-methyl/N-ethyl adjacent to an activating group) is 1. The molecule has 0 bridgehead atoms. The van der Waals surface area contributed by atoms with Gasteiger partial charge in [0, 0.05) is 19.5 Å². The Balaban J connectivity index is 1.63. The molecule has 120 valence electrons. The number of aliphatic hydroxyl groups excluding tert-OH is 1. The number of aryl methyl sites for hydroxylation is 1. The smallest absolute Gasteiger partial charge is 0.264 e. The van der Waals surface area contributed by atoms with Crippen LogP contribution in [0.2, 0.25) is 0 Å². The van der Waals surface area contributed by atoms with Crippen molar-refractivity contribution in [3.63, 3.8) is 0 Å². The summed E-state index contributed by atoms with van der Waals surface area (Å²) < 4.78 is 0. The molecule has 2 aliphatic rings. The van der Waals surface area contributed by atoms with Gasteiger partial charge in [-0.1, -0.05) is 0 Å². The van der Waals surface area contributed by atoms with E-state index >= 15 is 0 Å². The number of thiophene rings is 1. The Hall–Kier alpha value is -1.40. The van der Waals surface area contributed by atoms with Crippen LogP contribution >= 0.6 is 11.3 Å². The zero-order chi connectivity index (χ0) is 15.9. The number of anilines is 1. The van der Waals surface area contributed by atoms with E-state index in [1.54, 1.807) is 11.9 Å². The molecule has 0 spiro atoms. The fraction of sp³-hybridized carbons (Fsp3) is 0.625. The minimum atomic E-state index is -0.428. The number of carbonyl (C=O) groups is 2. The van der Waals surface area contributed by atoms with E-state index in [9.17, 15) is 14.7 Å². The molecule has 2 N–H and O–H groups in total. The fourth-order valence-electron chi connectivity index (χ4n) is 2.49. The molecule has 2 fully saturated rings. The summed E-state index contributed by atoms with van der Waals surface area (Å²) in [6, 6.07) is 1.85. The molecule has 1 heterocycles. The molecule has 22 heavy (non-hydrogen) atoms. The summed E-state index contributed by atoms with van der Waals surface area (Å²) in [5.41, 5.74) is 0.869. The minimum absolute atomic E-state index is 0.0535. The molecule has 6 heteroatoms. The highest BCUT2D eigenvalue weighted by molar-refractivity contribution is 7.18. The number of amides is 2. The maximum Gasteiger partial charge on any atom is 0.264 e. The predicted octanol–water partition coefficient (Wildman–Crippen LogP) is 2.25. The van der Waals surface area contributed by atoms with Crippen LogP contribution in [0.4, 0.5) is 5.00 Å². The maximum absolute atomic E-state index is 12.5. The first-order chi connectivity index (χ1) is 10.5. The molecular formula is C16H22N2O3S. The lowest BCUT2D eigenvalue weighted by molar-refractivity contribution is -0.117. The molecule has 1 aromatic heterocycles. The van der Waals surface area contributed by atoms with Crippen LogP contribution < -0.4 is 5.32 Å². The second-order valence-corrected chi connectivity index (χ2v) is 7.53. The number of aliphatic hydroxyl groups is 1. The molecule has 0 radical (unpaired) electrons. The number of rotatable bonds is 6. The van der Waals surface area contributed by atoms with Crippen molar-refractivity contribution in [2.45, 2.75) is 38.7 Å². The molecule has 1 aromatic rings. The van der Waals surface area contributed by atoms with Gasteiger partial charge in [-0.3, -0.25) is 9.59 Å². The highest BCUT2D eigenvalue weighted by Gasteiger charge is 2.32. The third kappa shape index (κ3) is 3.50. The Labute approximate surface area is 134 Å². The fourth-order valence-corrected chi connectivity index (χ4v) is 3.56. The summed E-state index contributed by atoms with van der Waals surface area (Å²) in [5, 5.41) is 13.6. The van der Waals surface area contributed by atoms with Crippen LogP contribution in [0.1, 0.15) is 40.9 Å². The molecule has 2 saturated carbocycles. The minimum Gasteiger partial charge on any atom is -0.391 e. The van der Waals surface area contributed by atoms with Gasteiger partial charge in [-0.15, -0.1) is 11.3 Å². The topological polar surface area (TPSA) is 69.6 Å². The zero-order valence-electron chi connectivity index (χ0n) is 13.0. The van der Waals surface area contributed by atoms with Gasteiger partial charge in [0.2, 0.25) is 5.91 Å². The van der Waals surface area contributed by atoms with Crippen molar-refractivity contribution in [2.75, 3.05) is 18.9 Å². The normalized spacial score (nSPS) is 18.9. The molecular weight excluding hydrogens is 300 g/mol. The highest BCUT2D eigenvalue weighted by atomic mass is 32.1. The lowest BCUT2D eigenvalue weighted by Crippen LogP contribution is -2.35. The van der Waals surface area contributed by atoms with Crippen LogP contribution in [-0.4, -0.2) is 41.5 Å². The first-order valence-electron chi connectivity index (χ1n) is 7.80. The van der Waals surface area contributed by atoms with Gasteiger partial charge in [-0.05, 0) is 50.2 Å². The van der Waals surface area contributed by atoms with Crippen molar-refractivity contribution in [1.82, 2.24) is 4.90 Å². The predicted molar refractivity (Wildman–Crippen MR) is 86.1 cm³/mol. The number of hydrogen-bond acceptors (Lipinski definition) is 4. The van der Waals surface area contributed by atoms with Crippen molar-refractivity contribution in [2.24, 2.45) is 11.8 Å². The van der Waals surface area contributed by atoms with E-state index in [0.29, 0.717) is 17.3 Å². The lowest BCUT2D eigenvalue weighted by atomic mass is 10.2. The van der Waals surface area contributed by atoms with E-state index in [4.69, 9.17) is 0 Å². The van der Waals surface area contributed by atoms with Gasteiger partial charge < -0.3 is 15.3 Å². The van der Waals surface area contributed by atoms with Gasteiger partial charge in [0.05, 0.1) is 16.0 Å². The van der Waals surface area contributed by atoms with Crippen LogP contribution in [0, 0.1) is 18.8 Å². The first kappa shape index (κ1) is 15.5. The lowest BCUT2D eigenvalue weighted by Gasteiger charge is -2.20. The van der Waals surface area contributed by atoms with Gasteiger partial charge in [0.15, 0.2) is 0 Å². The van der Waals surface area contributed by atoms with Crippen LogP contribution in [0.25, 0.3) is 0 Å². The number of carbonyl (C=O) groups excluding carboxylic acids is 2. The molecule has 0 aromatic carbocycles. The summed E-state index contributed by atoms with van der Waals surface area (Å²) in [4.78, 5) is 26.5. The van der Waals surface area contributed by atoms with Gasteiger partial charge in [-0.2, -0.15) is 0 Å². The molecule has 5 nitrogen and oxygen atoms in total. The summed E-state index contributed by atoms with van der Waals surface area (Å²) >= 11 is 1.32. The number of nitrogens with zero attached hydrogens (tertiary/aromatic N) is 1. The van der Waals surface area contributed by atoms with Crippen LogP contribution in [0.15, 0.2) is 6.07 Å². The van der Waals surface area contributed by atoms with E-state index in [-0.39, 0.29) is 17.7 Å². The van der Waals surface area contributed by atoms with Gasteiger partial charge in [0.1, 0.15) is 0 Å². The summed E-state index contributed by atoms with van der Waals surface area (Å²) in [7, 11) is 1.72. The molecule has 0 aliphatic heterocycles. The van der Waals surface area contributed by atoms with Crippen LogP contribution in [-0.2, 0) is 4.79 Å². The quantitative estimate of drug-likeness (QED) is 0.844. The summed E-state index contributed by atoms with van der Waals surface area (Å²) in [6.45, 7) is 2.24. The van der Waals surface area contributed by atoms with Crippen LogP contribution in [0.3, 0.4) is 0 Å². The number of hydrogen-bond donors (Lipinski definition) is 2. The molecule has 2 aliphatic carbocycles. The summed E-state index contributed by atoms with van der Waals surface area (Å²) in [5.74, 6) is 0.470. The first-order valence-corrected chi connectivity index (χ1v) is 8.62. The molecule has 0 unspecified atom stereocenters. The number of nitrogens with one attached hydrogen (secondary N) is 1. The van der Waals surface area contributed by atoms with Crippen molar-refractivity contribution in [3.05, 3.63) is 16.5 Å². The zero-order valence-corrected chi connectivity index (χ0v) is 13.8. The van der Waals surface area contributed by atoms with Gasteiger partial charge in [-0.25, -0.2) is 0 Å². The van der Waals surface area contributed by atoms with E-state index < -0.39 is 6.10 Å². The van der Waals surface area contributed by atoms with Crippen molar-refractivity contribution < 1.29 is 14.7 Å². The van der Waals surface area contributed by atoms with E-state index in [0.717, 1.165) is 36.2 Å². The van der Waals surface area contributed by atoms with E-state index in [2.05, 4.69) is 5.32 Å². The summed E-state index contributed by atoms with van der Waals surface area (Å²) in [6.07, 6.45) is 3.60. The van der Waals surface area contributed by atoms with Crippen molar-refractivity contribution >= 4 is 28.2 Å². The van der Waals surface area contributed by atoms with Gasteiger partial charge >= 0.3 is 0 Å². The molecule has 2 amide bonds. The Kier molecular flexibility index (Phi) is 4.23. The largest absolute Gasteiger partial charge is 0.391 e. The van der Waals surface area contributed by atoms with E-state index in [1.807, 2.05) is 13.0 Å². The third-order valence-corrected chi connectivity index (χ3v) is 5.42. The molecule has 3 rings (SSSR count). The van der Waals surface area contributed by atoms with Gasteiger partial charge in [0.25, 0.3) is 5.91 Å². The van der Waals surface area contributed by atoms with Crippen LogP contribution in [0.5, 0.6) is 0 Å². The van der Waals surface area contributed by atoms with E-state index in [1.165, 1.54) is 11.3 Å². The average Bonchev–Trinajstić information content (AvgIpc) is 3.36. The SMILES string of the molecule is Cc1cc(NC(=O)C2CC2)sc1C(=O)N(C)C[C@@H](O)C1CC1. The Morgan fingerprint density at radius 2 is 2.09 bits per heavy atom. The molecule has 1 atom stereocenters.